The van der Waals surface area contributed by atoms with Gasteiger partial charge in [0.2, 0.25) is 0 Å². The molecule has 1 atom stereocenters. The molecule has 0 amide bonds. The highest BCUT2D eigenvalue weighted by Gasteiger charge is 2.17. The molecule has 138 valence electrons. The van der Waals surface area contributed by atoms with Gasteiger partial charge in [0.1, 0.15) is 5.65 Å². The summed E-state index contributed by atoms with van der Waals surface area (Å²) in [6.45, 7) is 2.02. The van der Waals surface area contributed by atoms with Crippen molar-refractivity contribution in [3.63, 3.8) is 0 Å². The van der Waals surface area contributed by atoms with Crippen LogP contribution in [0.1, 0.15) is 23.6 Å². The van der Waals surface area contributed by atoms with Gasteiger partial charge in [0.05, 0.1) is 17.8 Å². The van der Waals surface area contributed by atoms with Crippen molar-refractivity contribution in [2.24, 2.45) is 0 Å². The van der Waals surface area contributed by atoms with Crippen molar-refractivity contribution in [1.29, 1.82) is 0 Å². The number of benzene rings is 1. The van der Waals surface area contributed by atoms with Crippen LogP contribution in [0.25, 0.3) is 22.2 Å². The molecule has 0 saturated carbocycles. The molecule has 28 heavy (non-hydrogen) atoms. The predicted molar refractivity (Wildman–Crippen MR) is 111 cm³/mol. The van der Waals surface area contributed by atoms with E-state index >= 15 is 0 Å². The van der Waals surface area contributed by atoms with E-state index in [1.807, 2.05) is 42.9 Å². The van der Waals surface area contributed by atoms with E-state index in [1.54, 1.807) is 0 Å². The summed E-state index contributed by atoms with van der Waals surface area (Å²) >= 11 is 6.04. The maximum Gasteiger partial charge on any atom is 0.138 e. The lowest BCUT2D eigenvalue weighted by molar-refractivity contribution is 0.491. The van der Waals surface area contributed by atoms with E-state index in [4.69, 9.17) is 11.6 Å². The summed E-state index contributed by atoms with van der Waals surface area (Å²) in [6.07, 6.45) is 8.89. The van der Waals surface area contributed by atoms with Gasteiger partial charge in [-0.2, -0.15) is 5.10 Å². The molecular formula is C22H18ClN5. The number of halogens is 1. The van der Waals surface area contributed by atoms with Crippen LogP contribution in [0.15, 0.2) is 55.1 Å². The second-order valence-electron chi connectivity index (χ2n) is 6.94. The third-order valence-electron chi connectivity index (χ3n) is 5.04. The fourth-order valence-electron chi connectivity index (χ4n) is 3.52. The molecule has 1 aliphatic heterocycles. The number of rotatable bonds is 2. The molecule has 2 N–H and O–H groups in total. The molecule has 1 aliphatic rings. The van der Waals surface area contributed by atoms with Crippen LogP contribution in [0.4, 0.5) is 0 Å². The fourth-order valence-corrected chi connectivity index (χ4v) is 3.71. The van der Waals surface area contributed by atoms with Crippen LogP contribution in [0, 0.1) is 11.8 Å². The fraction of sp³-hybridized carbons (Fsp3) is 0.182. The van der Waals surface area contributed by atoms with Crippen LogP contribution >= 0.6 is 11.6 Å². The molecule has 6 heteroatoms. The van der Waals surface area contributed by atoms with Crippen LogP contribution in [0.3, 0.4) is 0 Å². The number of H-pyrrole nitrogens is 1. The first-order chi connectivity index (χ1) is 13.8. The van der Waals surface area contributed by atoms with Gasteiger partial charge in [-0.05, 0) is 37.2 Å². The Bertz CT molecular complexity index is 1200. The Hall–Kier alpha value is -3.07. The summed E-state index contributed by atoms with van der Waals surface area (Å²) in [5.41, 5.74) is 4.73. The van der Waals surface area contributed by atoms with E-state index in [0.29, 0.717) is 11.1 Å². The van der Waals surface area contributed by atoms with E-state index in [9.17, 15) is 0 Å². The molecule has 3 aromatic heterocycles. The smallest absolute Gasteiger partial charge is 0.138 e. The standard InChI is InChI=1S/C22H18ClN5/c23-19-3-1-2-15(8-19)4-5-16-10-25-22-21(16)9-17(11-26-22)18-12-27-28(14-18)20-6-7-24-13-20/h1-3,8-12,14,20,24H,6-7,13H2,(H,25,26). The van der Waals surface area contributed by atoms with Gasteiger partial charge < -0.3 is 10.3 Å². The summed E-state index contributed by atoms with van der Waals surface area (Å²) in [5.74, 6) is 6.41. The Kier molecular flexibility index (Phi) is 4.36. The number of hydrogen-bond donors (Lipinski definition) is 2. The Balaban J connectivity index is 1.49. The summed E-state index contributed by atoms with van der Waals surface area (Å²) in [7, 11) is 0. The number of pyridine rings is 1. The van der Waals surface area contributed by atoms with E-state index < -0.39 is 0 Å². The molecule has 0 radical (unpaired) electrons. The Morgan fingerprint density at radius 1 is 1.14 bits per heavy atom. The van der Waals surface area contributed by atoms with Gasteiger partial charge in [-0.25, -0.2) is 4.98 Å². The third-order valence-corrected chi connectivity index (χ3v) is 5.28. The van der Waals surface area contributed by atoms with Crippen LogP contribution in [-0.4, -0.2) is 32.8 Å². The first-order valence-electron chi connectivity index (χ1n) is 9.26. The molecule has 5 rings (SSSR count). The Morgan fingerprint density at radius 2 is 2.11 bits per heavy atom. The SMILES string of the molecule is Clc1cccc(C#Cc2c[nH]c3ncc(-c4cnn(C5CCNC5)c4)cc23)c1. The third kappa shape index (κ3) is 3.29. The van der Waals surface area contributed by atoms with Gasteiger partial charge >= 0.3 is 0 Å². The molecule has 4 heterocycles. The Labute approximate surface area is 167 Å². The topological polar surface area (TPSA) is 58.5 Å². The molecule has 0 bridgehead atoms. The van der Waals surface area contributed by atoms with Gasteiger partial charge in [-0.15, -0.1) is 0 Å². The van der Waals surface area contributed by atoms with Gasteiger partial charge in [0.25, 0.3) is 0 Å². The van der Waals surface area contributed by atoms with Crippen molar-refractivity contribution in [3.8, 4) is 23.0 Å². The van der Waals surface area contributed by atoms with E-state index in [-0.39, 0.29) is 0 Å². The van der Waals surface area contributed by atoms with Gasteiger partial charge in [0.15, 0.2) is 0 Å². The number of fused-ring (bicyclic) bond motifs is 1. The summed E-state index contributed by atoms with van der Waals surface area (Å²) in [5, 5.41) is 9.61. The average molecular weight is 388 g/mol. The first-order valence-corrected chi connectivity index (χ1v) is 9.64. The average Bonchev–Trinajstić information content (AvgIpc) is 3.46. The number of hydrogen-bond acceptors (Lipinski definition) is 3. The van der Waals surface area contributed by atoms with E-state index in [0.717, 1.165) is 52.8 Å². The molecule has 1 unspecified atom stereocenters. The van der Waals surface area contributed by atoms with Crippen molar-refractivity contribution in [2.45, 2.75) is 12.5 Å². The summed E-state index contributed by atoms with van der Waals surface area (Å²) in [6, 6.07) is 10.1. The Morgan fingerprint density at radius 3 is 2.96 bits per heavy atom. The zero-order chi connectivity index (χ0) is 18.9. The van der Waals surface area contributed by atoms with Crippen LogP contribution in [-0.2, 0) is 0 Å². The van der Waals surface area contributed by atoms with Crippen LogP contribution in [0.5, 0.6) is 0 Å². The van der Waals surface area contributed by atoms with Gasteiger partial charge in [-0.1, -0.05) is 29.5 Å². The largest absolute Gasteiger partial charge is 0.345 e. The molecule has 0 aliphatic carbocycles. The van der Waals surface area contributed by atoms with Crippen LogP contribution < -0.4 is 5.32 Å². The van der Waals surface area contributed by atoms with Gasteiger partial charge in [-0.3, -0.25) is 4.68 Å². The van der Waals surface area contributed by atoms with E-state index in [1.165, 1.54) is 0 Å². The molecule has 5 nitrogen and oxygen atoms in total. The van der Waals surface area contributed by atoms with Crippen molar-refractivity contribution >= 4 is 22.6 Å². The zero-order valence-electron chi connectivity index (χ0n) is 15.1. The van der Waals surface area contributed by atoms with E-state index in [2.05, 4.69) is 49.2 Å². The van der Waals surface area contributed by atoms with Gasteiger partial charge in [0, 0.05) is 52.2 Å². The minimum atomic E-state index is 0.428. The number of nitrogens with zero attached hydrogens (tertiary/aromatic N) is 3. The highest BCUT2D eigenvalue weighted by molar-refractivity contribution is 6.30. The lowest BCUT2D eigenvalue weighted by Gasteiger charge is -2.07. The number of aromatic nitrogens is 4. The maximum atomic E-state index is 6.04. The van der Waals surface area contributed by atoms with Crippen molar-refractivity contribution in [2.75, 3.05) is 13.1 Å². The molecule has 0 spiro atoms. The zero-order valence-corrected chi connectivity index (χ0v) is 15.9. The highest BCUT2D eigenvalue weighted by Crippen LogP contribution is 2.26. The van der Waals surface area contributed by atoms with Crippen molar-refractivity contribution in [1.82, 2.24) is 25.1 Å². The lowest BCUT2D eigenvalue weighted by Crippen LogP contribution is -2.13. The summed E-state index contributed by atoms with van der Waals surface area (Å²) in [4.78, 5) is 7.76. The second kappa shape index (κ2) is 7.16. The first kappa shape index (κ1) is 17.1. The summed E-state index contributed by atoms with van der Waals surface area (Å²) < 4.78 is 2.05. The molecule has 1 aromatic carbocycles. The molecule has 1 saturated heterocycles. The predicted octanol–water partition coefficient (Wildman–Crippen LogP) is 4.01. The minimum Gasteiger partial charge on any atom is -0.345 e. The number of nitrogens with one attached hydrogen (secondary N) is 2. The molecular weight excluding hydrogens is 370 g/mol. The highest BCUT2D eigenvalue weighted by atomic mass is 35.5. The molecule has 1 fully saturated rings. The number of aromatic amines is 1. The monoisotopic (exact) mass is 387 g/mol. The van der Waals surface area contributed by atoms with Crippen molar-refractivity contribution < 1.29 is 0 Å². The lowest BCUT2D eigenvalue weighted by atomic mass is 10.1. The molecule has 4 aromatic rings. The van der Waals surface area contributed by atoms with Crippen LogP contribution in [0.2, 0.25) is 5.02 Å². The maximum absolute atomic E-state index is 6.04. The quantitative estimate of drug-likeness (QED) is 0.511. The van der Waals surface area contributed by atoms with Crippen molar-refractivity contribution in [3.05, 3.63) is 71.3 Å². The normalized spacial score (nSPS) is 16.2. The minimum absolute atomic E-state index is 0.428. The second-order valence-corrected chi connectivity index (χ2v) is 7.37.